The van der Waals surface area contributed by atoms with Crippen molar-refractivity contribution in [3.8, 4) is 0 Å². The molecule has 0 atom stereocenters. The standard InChI is InChI=1S/C23H26N4O3/c1-2-26-19-12-6-7-13-20(19)27(23(26)30)16-21(28)24-18-11-5-4-10-17(18)22(29)25-14-8-3-9-15-25/h4-7,10-13H,2-3,8-9,14-16H2,1H3,(H,24,28). The predicted octanol–water partition coefficient (Wildman–Crippen LogP) is 3.09. The van der Waals surface area contributed by atoms with E-state index in [-0.39, 0.29) is 24.0 Å². The van der Waals surface area contributed by atoms with Crippen LogP contribution in [0.3, 0.4) is 0 Å². The number of nitrogens with zero attached hydrogens (tertiary/aromatic N) is 3. The van der Waals surface area contributed by atoms with Crippen LogP contribution in [0.1, 0.15) is 36.5 Å². The summed E-state index contributed by atoms with van der Waals surface area (Å²) in [5, 5.41) is 2.84. The first-order valence-corrected chi connectivity index (χ1v) is 10.5. The maximum Gasteiger partial charge on any atom is 0.329 e. The van der Waals surface area contributed by atoms with Gasteiger partial charge in [-0.2, -0.15) is 0 Å². The van der Waals surface area contributed by atoms with Gasteiger partial charge in [0, 0.05) is 19.6 Å². The molecule has 30 heavy (non-hydrogen) atoms. The number of aryl methyl sites for hydroxylation is 1. The summed E-state index contributed by atoms with van der Waals surface area (Å²) in [6.45, 7) is 3.81. The van der Waals surface area contributed by atoms with E-state index in [1.165, 1.54) is 4.57 Å². The number of aromatic nitrogens is 2. The van der Waals surface area contributed by atoms with E-state index in [0.717, 1.165) is 43.4 Å². The summed E-state index contributed by atoms with van der Waals surface area (Å²) in [7, 11) is 0. The highest BCUT2D eigenvalue weighted by Crippen LogP contribution is 2.20. The second-order valence-corrected chi connectivity index (χ2v) is 7.55. The number of anilines is 1. The fourth-order valence-electron chi connectivity index (χ4n) is 4.11. The summed E-state index contributed by atoms with van der Waals surface area (Å²) in [5.41, 5.74) is 2.27. The number of hydrogen-bond acceptors (Lipinski definition) is 3. The fraction of sp³-hybridized carbons (Fsp3) is 0.348. The van der Waals surface area contributed by atoms with Gasteiger partial charge < -0.3 is 10.2 Å². The van der Waals surface area contributed by atoms with Gasteiger partial charge in [0.05, 0.1) is 22.3 Å². The Morgan fingerprint density at radius 1 is 0.900 bits per heavy atom. The van der Waals surface area contributed by atoms with E-state index in [1.807, 2.05) is 36.1 Å². The number of para-hydroxylation sites is 3. The Kier molecular flexibility index (Phi) is 5.70. The first-order chi connectivity index (χ1) is 14.6. The van der Waals surface area contributed by atoms with Crippen LogP contribution in [0, 0.1) is 0 Å². The van der Waals surface area contributed by atoms with E-state index >= 15 is 0 Å². The summed E-state index contributed by atoms with van der Waals surface area (Å²) in [6.07, 6.45) is 3.15. The molecule has 1 aromatic heterocycles. The predicted molar refractivity (Wildman–Crippen MR) is 117 cm³/mol. The zero-order chi connectivity index (χ0) is 21.1. The van der Waals surface area contributed by atoms with E-state index in [2.05, 4.69) is 5.32 Å². The molecule has 7 heteroatoms. The molecular weight excluding hydrogens is 380 g/mol. The first-order valence-electron chi connectivity index (χ1n) is 10.5. The molecule has 0 saturated carbocycles. The van der Waals surface area contributed by atoms with Crippen LogP contribution < -0.4 is 11.0 Å². The molecule has 1 saturated heterocycles. The number of carbonyl (C=O) groups is 2. The molecule has 156 valence electrons. The second-order valence-electron chi connectivity index (χ2n) is 7.55. The van der Waals surface area contributed by atoms with Crippen LogP contribution in [0.2, 0.25) is 0 Å². The molecule has 2 aromatic carbocycles. The van der Waals surface area contributed by atoms with E-state index < -0.39 is 0 Å². The van der Waals surface area contributed by atoms with Gasteiger partial charge in [0.2, 0.25) is 5.91 Å². The number of amides is 2. The van der Waals surface area contributed by atoms with Crippen LogP contribution in [0.15, 0.2) is 53.3 Å². The van der Waals surface area contributed by atoms with Crippen molar-refractivity contribution >= 4 is 28.5 Å². The second kappa shape index (κ2) is 8.57. The summed E-state index contributed by atoms with van der Waals surface area (Å²) in [5.74, 6) is -0.402. The van der Waals surface area contributed by atoms with Crippen molar-refractivity contribution in [3.05, 3.63) is 64.6 Å². The summed E-state index contributed by atoms with van der Waals surface area (Å²) in [6, 6.07) is 14.5. The first kappa shape index (κ1) is 19.9. The number of hydrogen-bond donors (Lipinski definition) is 1. The van der Waals surface area contributed by atoms with Crippen LogP contribution >= 0.6 is 0 Å². The van der Waals surface area contributed by atoms with Crippen LogP contribution in [0.25, 0.3) is 11.0 Å². The minimum Gasteiger partial charge on any atom is -0.339 e. The van der Waals surface area contributed by atoms with Crippen molar-refractivity contribution in [3.63, 3.8) is 0 Å². The maximum atomic E-state index is 12.9. The summed E-state index contributed by atoms with van der Waals surface area (Å²) < 4.78 is 3.12. The molecule has 2 amide bonds. The van der Waals surface area contributed by atoms with Gasteiger partial charge in [-0.1, -0.05) is 24.3 Å². The summed E-state index contributed by atoms with van der Waals surface area (Å²) >= 11 is 0. The van der Waals surface area contributed by atoms with Crippen LogP contribution in [0.5, 0.6) is 0 Å². The number of benzene rings is 2. The van der Waals surface area contributed by atoms with E-state index in [4.69, 9.17) is 0 Å². The van der Waals surface area contributed by atoms with Crippen LogP contribution in [0.4, 0.5) is 5.69 Å². The Labute approximate surface area is 174 Å². The number of carbonyl (C=O) groups excluding carboxylic acids is 2. The highest BCUT2D eigenvalue weighted by atomic mass is 16.2. The molecule has 1 aliphatic heterocycles. The highest BCUT2D eigenvalue weighted by Gasteiger charge is 2.22. The molecule has 1 aliphatic rings. The lowest BCUT2D eigenvalue weighted by Crippen LogP contribution is -2.36. The molecule has 1 N–H and O–H groups in total. The third kappa shape index (κ3) is 3.75. The maximum absolute atomic E-state index is 12.9. The largest absolute Gasteiger partial charge is 0.339 e. The zero-order valence-electron chi connectivity index (χ0n) is 17.1. The van der Waals surface area contributed by atoms with Gasteiger partial charge in [-0.05, 0) is 50.5 Å². The normalized spacial score (nSPS) is 14.1. The fourth-order valence-corrected chi connectivity index (χ4v) is 4.11. The lowest BCUT2D eigenvalue weighted by Gasteiger charge is -2.27. The molecule has 0 bridgehead atoms. The number of fused-ring (bicyclic) bond motifs is 1. The minimum absolute atomic E-state index is 0.0645. The third-order valence-corrected chi connectivity index (χ3v) is 5.62. The van der Waals surface area contributed by atoms with Crippen molar-refractivity contribution in [2.45, 2.75) is 39.3 Å². The van der Waals surface area contributed by atoms with Gasteiger partial charge in [-0.25, -0.2) is 4.79 Å². The molecular formula is C23H26N4O3. The number of nitrogens with one attached hydrogen (secondary N) is 1. The Hall–Kier alpha value is -3.35. The van der Waals surface area contributed by atoms with Crippen molar-refractivity contribution < 1.29 is 9.59 Å². The molecule has 2 heterocycles. The molecule has 0 unspecified atom stereocenters. The van der Waals surface area contributed by atoms with Crippen molar-refractivity contribution in [2.75, 3.05) is 18.4 Å². The topological polar surface area (TPSA) is 76.3 Å². The number of piperidine rings is 1. The SMILES string of the molecule is CCn1c(=O)n(CC(=O)Nc2ccccc2C(=O)N2CCCCC2)c2ccccc21. The number of imidazole rings is 1. The van der Waals surface area contributed by atoms with Gasteiger partial charge in [0.25, 0.3) is 5.91 Å². The molecule has 0 spiro atoms. The highest BCUT2D eigenvalue weighted by molar-refractivity contribution is 6.03. The van der Waals surface area contributed by atoms with Crippen molar-refractivity contribution in [2.24, 2.45) is 0 Å². The average Bonchev–Trinajstić information content (AvgIpc) is 3.05. The molecule has 1 fully saturated rings. The zero-order valence-corrected chi connectivity index (χ0v) is 17.1. The van der Waals surface area contributed by atoms with E-state index in [0.29, 0.717) is 17.8 Å². The van der Waals surface area contributed by atoms with Gasteiger partial charge in [0.1, 0.15) is 6.54 Å². The molecule has 0 aliphatic carbocycles. The molecule has 4 rings (SSSR count). The van der Waals surface area contributed by atoms with E-state index in [9.17, 15) is 14.4 Å². The Morgan fingerprint density at radius 3 is 2.23 bits per heavy atom. The smallest absolute Gasteiger partial charge is 0.329 e. The minimum atomic E-state index is -0.338. The van der Waals surface area contributed by atoms with Gasteiger partial charge >= 0.3 is 5.69 Å². The van der Waals surface area contributed by atoms with Crippen molar-refractivity contribution in [1.82, 2.24) is 14.0 Å². The lowest BCUT2D eigenvalue weighted by atomic mass is 10.1. The quantitative estimate of drug-likeness (QED) is 0.707. The van der Waals surface area contributed by atoms with Crippen LogP contribution in [-0.2, 0) is 17.9 Å². The Balaban J connectivity index is 1.57. The molecule has 0 radical (unpaired) electrons. The molecule has 3 aromatic rings. The Bertz CT molecular complexity index is 1140. The van der Waals surface area contributed by atoms with Crippen molar-refractivity contribution in [1.29, 1.82) is 0 Å². The number of rotatable bonds is 5. The summed E-state index contributed by atoms with van der Waals surface area (Å²) in [4.78, 5) is 40.4. The van der Waals surface area contributed by atoms with Gasteiger partial charge in [-0.3, -0.25) is 18.7 Å². The monoisotopic (exact) mass is 406 g/mol. The average molecular weight is 406 g/mol. The number of likely N-dealkylation sites (tertiary alicyclic amines) is 1. The van der Waals surface area contributed by atoms with Gasteiger partial charge in [-0.15, -0.1) is 0 Å². The van der Waals surface area contributed by atoms with Crippen LogP contribution in [-0.4, -0.2) is 38.9 Å². The lowest BCUT2D eigenvalue weighted by molar-refractivity contribution is -0.116. The van der Waals surface area contributed by atoms with E-state index in [1.54, 1.807) is 28.8 Å². The third-order valence-electron chi connectivity index (χ3n) is 5.62. The molecule has 7 nitrogen and oxygen atoms in total. The Morgan fingerprint density at radius 2 is 1.53 bits per heavy atom. The van der Waals surface area contributed by atoms with Gasteiger partial charge in [0.15, 0.2) is 0 Å².